The summed E-state index contributed by atoms with van der Waals surface area (Å²) in [5, 5.41) is 11.8. The van der Waals surface area contributed by atoms with Crippen LogP contribution < -0.4 is 5.32 Å². The molecule has 0 atom stereocenters. The first kappa shape index (κ1) is 19.1. The number of halogens is 1. The van der Waals surface area contributed by atoms with Crippen LogP contribution in [0.4, 0.5) is 4.39 Å². The van der Waals surface area contributed by atoms with Crippen LogP contribution in [0.3, 0.4) is 0 Å². The lowest BCUT2D eigenvalue weighted by molar-refractivity contribution is 0.375. The quantitative estimate of drug-likeness (QED) is 0.548. The van der Waals surface area contributed by atoms with Crippen LogP contribution in [0.25, 0.3) is 0 Å². The predicted octanol–water partition coefficient (Wildman–Crippen LogP) is 2.97. The predicted molar refractivity (Wildman–Crippen MR) is 111 cm³/mol. The Balaban J connectivity index is 1.55. The Morgan fingerprint density at radius 1 is 1.14 bits per heavy atom. The molecule has 0 unspecified atom stereocenters. The Labute approximate surface area is 170 Å². The SMILES string of the molecule is Cc1nnc(CNC(=NCc2ccccc2)N2CCc3ccc(F)cc3C2)n1C. The minimum Gasteiger partial charge on any atom is -0.349 e. The molecule has 3 aromatic rings. The molecular formula is C22H25FN6. The van der Waals surface area contributed by atoms with Crippen molar-refractivity contribution in [1.82, 2.24) is 25.0 Å². The van der Waals surface area contributed by atoms with Gasteiger partial charge in [-0.2, -0.15) is 0 Å². The number of aliphatic imine (C=N–C) groups is 1. The van der Waals surface area contributed by atoms with Crippen LogP contribution in [0.15, 0.2) is 53.5 Å². The minimum absolute atomic E-state index is 0.198. The van der Waals surface area contributed by atoms with Crippen molar-refractivity contribution in [3.8, 4) is 0 Å². The van der Waals surface area contributed by atoms with Gasteiger partial charge in [0.2, 0.25) is 0 Å². The number of rotatable bonds is 4. The van der Waals surface area contributed by atoms with E-state index in [0.717, 1.165) is 41.7 Å². The van der Waals surface area contributed by atoms with Gasteiger partial charge in [-0.05, 0) is 42.2 Å². The van der Waals surface area contributed by atoms with E-state index in [2.05, 4.69) is 32.5 Å². The number of fused-ring (bicyclic) bond motifs is 1. The number of aryl methyl sites for hydroxylation is 1. The summed E-state index contributed by atoms with van der Waals surface area (Å²) in [6.45, 7) is 4.49. The highest BCUT2D eigenvalue weighted by molar-refractivity contribution is 5.80. The first-order chi connectivity index (χ1) is 14.1. The van der Waals surface area contributed by atoms with Crippen LogP contribution in [0, 0.1) is 12.7 Å². The highest BCUT2D eigenvalue weighted by atomic mass is 19.1. The number of hydrogen-bond acceptors (Lipinski definition) is 3. The van der Waals surface area contributed by atoms with Gasteiger partial charge in [0, 0.05) is 20.1 Å². The molecule has 0 aliphatic carbocycles. The van der Waals surface area contributed by atoms with Crippen LogP contribution in [0.2, 0.25) is 0 Å². The molecule has 1 N–H and O–H groups in total. The van der Waals surface area contributed by atoms with Crippen molar-refractivity contribution in [2.45, 2.75) is 33.0 Å². The van der Waals surface area contributed by atoms with Crippen molar-refractivity contribution in [3.05, 3.63) is 82.7 Å². The standard InChI is InChI=1S/C22H25FN6/c1-16-26-27-21(28(16)2)14-25-22(24-13-17-6-4-3-5-7-17)29-11-10-18-8-9-20(23)12-19(18)15-29/h3-9,12H,10-11,13-15H2,1-2H3,(H,24,25). The largest absolute Gasteiger partial charge is 0.349 e. The van der Waals surface area contributed by atoms with Gasteiger partial charge in [0.15, 0.2) is 11.8 Å². The van der Waals surface area contributed by atoms with E-state index in [4.69, 9.17) is 4.99 Å². The van der Waals surface area contributed by atoms with E-state index in [-0.39, 0.29) is 5.82 Å². The maximum absolute atomic E-state index is 13.7. The molecule has 1 aromatic heterocycles. The van der Waals surface area contributed by atoms with E-state index in [1.165, 1.54) is 11.6 Å². The van der Waals surface area contributed by atoms with E-state index in [1.54, 1.807) is 6.07 Å². The molecule has 2 heterocycles. The third kappa shape index (κ3) is 4.45. The van der Waals surface area contributed by atoms with Gasteiger partial charge in [-0.25, -0.2) is 9.38 Å². The van der Waals surface area contributed by atoms with Crippen LogP contribution >= 0.6 is 0 Å². The second-order valence-corrected chi connectivity index (χ2v) is 7.29. The van der Waals surface area contributed by atoms with Crippen molar-refractivity contribution in [1.29, 1.82) is 0 Å². The summed E-state index contributed by atoms with van der Waals surface area (Å²) in [7, 11) is 1.95. The minimum atomic E-state index is -0.198. The van der Waals surface area contributed by atoms with E-state index < -0.39 is 0 Å². The second kappa shape index (κ2) is 8.43. The zero-order chi connectivity index (χ0) is 20.2. The molecule has 1 aliphatic rings. The Morgan fingerprint density at radius 2 is 1.97 bits per heavy atom. The maximum atomic E-state index is 13.7. The molecule has 0 saturated carbocycles. The zero-order valence-corrected chi connectivity index (χ0v) is 16.8. The average Bonchev–Trinajstić information content (AvgIpc) is 3.06. The highest BCUT2D eigenvalue weighted by Crippen LogP contribution is 2.20. The van der Waals surface area contributed by atoms with E-state index in [0.29, 0.717) is 19.6 Å². The normalized spacial score (nSPS) is 14.0. The van der Waals surface area contributed by atoms with Crippen LogP contribution in [-0.4, -0.2) is 32.2 Å². The summed E-state index contributed by atoms with van der Waals surface area (Å²) in [6, 6.07) is 15.2. The summed E-state index contributed by atoms with van der Waals surface area (Å²) in [4.78, 5) is 7.02. The van der Waals surface area contributed by atoms with Gasteiger partial charge in [-0.3, -0.25) is 0 Å². The number of nitrogens with one attached hydrogen (secondary N) is 1. The third-order valence-corrected chi connectivity index (χ3v) is 5.32. The summed E-state index contributed by atoms with van der Waals surface area (Å²) in [5.74, 6) is 2.31. The molecule has 7 heteroatoms. The molecule has 0 amide bonds. The van der Waals surface area contributed by atoms with E-state index >= 15 is 0 Å². The Morgan fingerprint density at radius 3 is 2.72 bits per heavy atom. The van der Waals surface area contributed by atoms with Crippen molar-refractivity contribution < 1.29 is 4.39 Å². The fraction of sp³-hybridized carbons (Fsp3) is 0.318. The summed E-state index contributed by atoms with van der Waals surface area (Å²) in [5.41, 5.74) is 3.36. The van der Waals surface area contributed by atoms with Crippen molar-refractivity contribution >= 4 is 5.96 Å². The van der Waals surface area contributed by atoms with E-state index in [9.17, 15) is 4.39 Å². The topological polar surface area (TPSA) is 58.3 Å². The molecule has 0 spiro atoms. The molecule has 2 aromatic carbocycles. The lowest BCUT2D eigenvalue weighted by Crippen LogP contribution is -2.44. The van der Waals surface area contributed by atoms with Gasteiger partial charge in [0.1, 0.15) is 11.6 Å². The second-order valence-electron chi connectivity index (χ2n) is 7.29. The number of aromatic nitrogens is 3. The number of guanidine groups is 1. The lowest BCUT2D eigenvalue weighted by Gasteiger charge is -2.32. The van der Waals surface area contributed by atoms with Gasteiger partial charge < -0.3 is 14.8 Å². The maximum Gasteiger partial charge on any atom is 0.194 e. The zero-order valence-electron chi connectivity index (χ0n) is 16.8. The van der Waals surface area contributed by atoms with Crippen molar-refractivity contribution in [2.75, 3.05) is 6.54 Å². The molecule has 0 bridgehead atoms. The summed E-state index contributed by atoms with van der Waals surface area (Å²) >= 11 is 0. The van der Waals surface area contributed by atoms with Gasteiger partial charge in [-0.1, -0.05) is 36.4 Å². The third-order valence-electron chi connectivity index (χ3n) is 5.32. The van der Waals surface area contributed by atoms with E-state index in [1.807, 2.05) is 42.8 Å². The molecule has 0 fully saturated rings. The van der Waals surface area contributed by atoms with Crippen molar-refractivity contribution in [2.24, 2.45) is 12.0 Å². The van der Waals surface area contributed by atoms with Gasteiger partial charge in [0.25, 0.3) is 0 Å². The smallest absolute Gasteiger partial charge is 0.194 e. The first-order valence-corrected chi connectivity index (χ1v) is 9.79. The van der Waals surface area contributed by atoms with Crippen LogP contribution in [-0.2, 0) is 33.1 Å². The molecule has 0 saturated heterocycles. The molecule has 6 nitrogen and oxygen atoms in total. The van der Waals surface area contributed by atoms with Gasteiger partial charge in [0.05, 0.1) is 13.1 Å². The molecule has 4 rings (SSSR count). The van der Waals surface area contributed by atoms with Crippen LogP contribution in [0.1, 0.15) is 28.3 Å². The molecule has 1 aliphatic heterocycles. The van der Waals surface area contributed by atoms with Crippen molar-refractivity contribution in [3.63, 3.8) is 0 Å². The summed E-state index contributed by atoms with van der Waals surface area (Å²) < 4.78 is 15.7. The Bertz CT molecular complexity index is 1010. The highest BCUT2D eigenvalue weighted by Gasteiger charge is 2.20. The fourth-order valence-electron chi connectivity index (χ4n) is 3.49. The molecule has 0 radical (unpaired) electrons. The molecule has 150 valence electrons. The fourth-order valence-corrected chi connectivity index (χ4v) is 3.49. The van der Waals surface area contributed by atoms with Crippen LogP contribution in [0.5, 0.6) is 0 Å². The molecule has 29 heavy (non-hydrogen) atoms. The molecular weight excluding hydrogens is 367 g/mol. The monoisotopic (exact) mass is 392 g/mol. The Kier molecular flexibility index (Phi) is 5.55. The lowest BCUT2D eigenvalue weighted by atomic mass is 10.00. The summed E-state index contributed by atoms with van der Waals surface area (Å²) in [6.07, 6.45) is 0.866. The van der Waals surface area contributed by atoms with Gasteiger partial charge >= 0.3 is 0 Å². The first-order valence-electron chi connectivity index (χ1n) is 9.79. The number of benzene rings is 2. The average molecular weight is 392 g/mol. The number of hydrogen-bond donors (Lipinski definition) is 1. The Hall–Kier alpha value is -3.22. The van der Waals surface area contributed by atoms with Gasteiger partial charge in [-0.15, -0.1) is 10.2 Å². The number of nitrogens with zero attached hydrogens (tertiary/aromatic N) is 5.